The number of piperidine rings is 1. The third-order valence-corrected chi connectivity index (χ3v) is 6.48. The Bertz CT molecular complexity index is 1330. The van der Waals surface area contributed by atoms with Crippen LogP contribution >= 0.6 is 0 Å². The van der Waals surface area contributed by atoms with Crippen LogP contribution in [0.1, 0.15) is 19.8 Å². The third-order valence-electron chi connectivity index (χ3n) is 6.48. The molecule has 1 N–H and O–H groups in total. The number of rotatable bonds is 3. The topological polar surface area (TPSA) is 80.4 Å². The largest absolute Gasteiger partial charge is 0.465 e. The van der Waals surface area contributed by atoms with E-state index in [2.05, 4.69) is 17.1 Å². The number of hydrogen-bond donors (Lipinski definition) is 1. The molecule has 0 bridgehead atoms. The molecule has 162 valence electrons. The summed E-state index contributed by atoms with van der Waals surface area (Å²) in [6, 6.07) is 21.8. The van der Waals surface area contributed by atoms with Gasteiger partial charge < -0.3 is 10.0 Å². The number of likely N-dealkylation sites (tertiary alicyclic amines) is 1. The van der Waals surface area contributed by atoms with E-state index >= 15 is 0 Å². The maximum absolute atomic E-state index is 13.7. The van der Waals surface area contributed by atoms with Gasteiger partial charge >= 0.3 is 11.8 Å². The van der Waals surface area contributed by atoms with Crippen molar-refractivity contribution in [2.75, 3.05) is 13.1 Å². The number of pyridine rings is 1. The van der Waals surface area contributed by atoms with Gasteiger partial charge in [0, 0.05) is 19.3 Å². The molecule has 7 nitrogen and oxygen atoms in total. The van der Waals surface area contributed by atoms with Gasteiger partial charge in [-0.25, -0.2) is 14.6 Å². The quantitative estimate of drug-likeness (QED) is 0.526. The number of carboxylic acid groups (broad SMARTS) is 1. The number of carbonyl (C=O) groups is 1. The van der Waals surface area contributed by atoms with Crippen LogP contribution in [-0.4, -0.2) is 43.3 Å². The molecule has 7 heteroatoms. The number of nitrogens with zero attached hydrogens (tertiary/aromatic N) is 4. The van der Waals surface area contributed by atoms with Crippen LogP contribution < -0.4 is 5.69 Å². The summed E-state index contributed by atoms with van der Waals surface area (Å²) >= 11 is 0. The highest BCUT2D eigenvalue weighted by Crippen LogP contribution is 2.32. The van der Waals surface area contributed by atoms with Gasteiger partial charge in [-0.3, -0.25) is 9.13 Å². The molecule has 0 aliphatic carbocycles. The maximum Gasteiger partial charge on any atom is 0.407 e. The Labute approximate surface area is 185 Å². The monoisotopic (exact) mass is 428 g/mol. The number of fused-ring (bicyclic) bond motifs is 1. The fourth-order valence-electron chi connectivity index (χ4n) is 4.60. The van der Waals surface area contributed by atoms with Crippen molar-refractivity contribution in [3.63, 3.8) is 0 Å². The summed E-state index contributed by atoms with van der Waals surface area (Å²) in [7, 11) is 0. The van der Waals surface area contributed by atoms with Gasteiger partial charge in [-0.2, -0.15) is 0 Å². The van der Waals surface area contributed by atoms with Crippen molar-refractivity contribution in [3.8, 4) is 16.8 Å². The van der Waals surface area contributed by atoms with Crippen LogP contribution in [0.15, 0.2) is 77.7 Å². The van der Waals surface area contributed by atoms with Crippen LogP contribution in [0, 0.1) is 0 Å². The molecule has 1 saturated heterocycles. The Balaban J connectivity index is 1.60. The van der Waals surface area contributed by atoms with Crippen LogP contribution in [0.4, 0.5) is 4.79 Å². The van der Waals surface area contributed by atoms with E-state index in [4.69, 9.17) is 0 Å². The maximum atomic E-state index is 13.7. The molecular formula is C25H24N4O3. The van der Waals surface area contributed by atoms with E-state index < -0.39 is 11.6 Å². The first-order valence-electron chi connectivity index (χ1n) is 10.7. The van der Waals surface area contributed by atoms with E-state index in [0.29, 0.717) is 31.6 Å². The standard InChI is InChI=1S/C25H24N4O3/c1-25(13-16-27(17-14-25)24(31)32)29-22-21(8-5-15-26-22)28(23(29)30)20-11-9-19(10-12-20)18-6-3-2-4-7-18/h2-12,15H,13-14,16-17H2,1H3,(H,31,32). The van der Waals surface area contributed by atoms with E-state index in [9.17, 15) is 14.7 Å². The van der Waals surface area contributed by atoms with Crippen LogP contribution in [-0.2, 0) is 5.54 Å². The molecule has 1 fully saturated rings. The highest BCUT2D eigenvalue weighted by atomic mass is 16.4. The minimum Gasteiger partial charge on any atom is -0.465 e. The van der Waals surface area contributed by atoms with Gasteiger partial charge in [-0.05, 0) is 55.2 Å². The number of imidazole rings is 1. The Morgan fingerprint density at radius 2 is 1.59 bits per heavy atom. The minimum absolute atomic E-state index is 0.155. The van der Waals surface area contributed by atoms with Crippen LogP contribution in [0.3, 0.4) is 0 Å². The summed E-state index contributed by atoms with van der Waals surface area (Å²) in [5, 5.41) is 9.30. The average Bonchev–Trinajstić information content (AvgIpc) is 3.12. The summed E-state index contributed by atoms with van der Waals surface area (Å²) in [5.74, 6) is 0. The zero-order valence-electron chi connectivity index (χ0n) is 17.8. The number of hydrogen-bond acceptors (Lipinski definition) is 3. The Kier molecular flexibility index (Phi) is 4.81. The lowest BCUT2D eigenvalue weighted by Crippen LogP contribution is -2.49. The van der Waals surface area contributed by atoms with Gasteiger partial charge in [0.15, 0.2) is 5.65 Å². The molecule has 0 spiro atoms. The molecule has 2 aromatic heterocycles. The molecule has 1 aliphatic heterocycles. The smallest absolute Gasteiger partial charge is 0.407 e. The second kappa shape index (κ2) is 7.67. The van der Waals surface area contributed by atoms with E-state index in [1.165, 1.54) is 4.90 Å². The molecule has 0 saturated carbocycles. The van der Waals surface area contributed by atoms with E-state index in [0.717, 1.165) is 22.3 Å². The van der Waals surface area contributed by atoms with Crippen LogP contribution in [0.5, 0.6) is 0 Å². The molecule has 1 amide bonds. The SMILES string of the molecule is CC1(n2c(=O)n(-c3ccc(-c4ccccc4)cc3)c3cccnc32)CCN(C(=O)O)CC1. The molecule has 5 rings (SSSR count). The Morgan fingerprint density at radius 3 is 2.25 bits per heavy atom. The molecule has 1 aliphatic rings. The Hall–Kier alpha value is -3.87. The predicted molar refractivity (Wildman–Crippen MR) is 123 cm³/mol. The lowest BCUT2D eigenvalue weighted by Gasteiger charge is -2.38. The molecule has 0 atom stereocenters. The molecule has 0 radical (unpaired) electrons. The van der Waals surface area contributed by atoms with Crippen molar-refractivity contribution in [1.29, 1.82) is 0 Å². The summed E-state index contributed by atoms with van der Waals surface area (Å²) < 4.78 is 3.46. The van der Waals surface area contributed by atoms with Crippen molar-refractivity contribution in [2.45, 2.75) is 25.3 Å². The molecule has 4 aromatic rings. The molecule has 3 heterocycles. The first-order chi connectivity index (χ1) is 15.5. The normalized spacial score (nSPS) is 15.7. The van der Waals surface area contributed by atoms with Crippen molar-refractivity contribution in [2.24, 2.45) is 0 Å². The van der Waals surface area contributed by atoms with Gasteiger partial charge in [-0.1, -0.05) is 42.5 Å². The van der Waals surface area contributed by atoms with Crippen LogP contribution in [0.2, 0.25) is 0 Å². The summed E-state index contributed by atoms with van der Waals surface area (Å²) in [6.45, 7) is 2.80. The Morgan fingerprint density at radius 1 is 0.938 bits per heavy atom. The lowest BCUT2D eigenvalue weighted by molar-refractivity contribution is 0.101. The summed E-state index contributed by atoms with van der Waals surface area (Å²) in [6.07, 6.45) is 1.89. The molecule has 32 heavy (non-hydrogen) atoms. The number of aromatic nitrogens is 3. The van der Waals surface area contributed by atoms with Gasteiger partial charge in [0.2, 0.25) is 0 Å². The number of benzene rings is 2. The zero-order valence-corrected chi connectivity index (χ0v) is 17.8. The summed E-state index contributed by atoms with van der Waals surface area (Å²) in [4.78, 5) is 31.0. The minimum atomic E-state index is -0.918. The summed E-state index contributed by atoms with van der Waals surface area (Å²) in [5.41, 5.74) is 3.67. The zero-order chi connectivity index (χ0) is 22.3. The van der Waals surface area contributed by atoms with Gasteiger partial charge in [0.25, 0.3) is 0 Å². The first kappa shape index (κ1) is 20.1. The highest BCUT2D eigenvalue weighted by molar-refractivity contribution is 5.75. The molecular weight excluding hydrogens is 404 g/mol. The third kappa shape index (κ3) is 3.26. The number of amides is 1. The van der Waals surface area contributed by atoms with Gasteiger partial charge in [-0.15, -0.1) is 0 Å². The lowest BCUT2D eigenvalue weighted by atomic mass is 9.89. The second-order valence-electron chi connectivity index (χ2n) is 8.48. The molecule has 2 aromatic carbocycles. The van der Waals surface area contributed by atoms with Gasteiger partial charge in [0.1, 0.15) is 0 Å². The van der Waals surface area contributed by atoms with E-state index in [1.54, 1.807) is 15.3 Å². The highest BCUT2D eigenvalue weighted by Gasteiger charge is 2.37. The van der Waals surface area contributed by atoms with Crippen molar-refractivity contribution < 1.29 is 9.90 Å². The molecule has 0 unspecified atom stereocenters. The first-order valence-corrected chi connectivity index (χ1v) is 10.7. The van der Waals surface area contributed by atoms with Crippen LogP contribution in [0.25, 0.3) is 28.0 Å². The van der Waals surface area contributed by atoms with Crippen molar-refractivity contribution in [3.05, 3.63) is 83.4 Å². The van der Waals surface area contributed by atoms with Crippen molar-refractivity contribution >= 4 is 17.3 Å². The average molecular weight is 428 g/mol. The fourth-order valence-corrected chi connectivity index (χ4v) is 4.60. The fraction of sp³-hybridized carbons (Fsp3) is 0.240. The van der Waals surface area contributed by atoms with E-state index in [1.807, 2.05) is 61.5 Å². The van der Waals surface area contributed by atoms with Crippen molar-refractivity contribution in [1.82, 2.24) is 19.0 Å². The predicted octanol–water partition coefficient (Wildman–Crippen LogP) is 4.34. The van der Waals surface area contributed by atoms with Gasteiger partial charge in [0.05, 0.1) is 16.7 Å². The van der Waals surface area contributed by atoms with E-state index in [-0.39, 0.29) is 5.69 Å². The second-order valence-corrected chi connectivity index (χ2v) is 8.48.